The zero-order chi connectivity index (χ0) is 22.2. The highest BCUT2D eigenvalue weighted by Gasteiger charge is 2.25. The van der Waals surface area contributed by atoms with E-state index in [1.807, 2.05) is 11.0 Å². The fourth-order valence-electron chi connectivity index (χ4n) is 3.52. The highest BCUT2D eigenvalue weighted by Crippen LogP contribution is 2.34. The first-order chi connectivity index (χ1) is 14.8. The Morgan fingerprint density at radius 3 is 2.68 bits per heavy atom. The number of nitrogens with zero attached hydrogens (tertiary/aromatic N) is 4. The molecule has 0 saturated heterocycles. The van der Waals surface area contributed by atoms with Gasteiger partial charge in [-0.3, -0.25) is 0 Å². The predicted molar refractivity (Wildman–Crippen MR) is 114 cm³/mol. The number of halogens is 2. The molecule has 4 rings (SSSR count). The number of aromatic nitrogens is 3. The average Bonchev–Trinajstić information content (AvgIpc) is 2.75. The molecule has 0 radical (unpaired) electrons. The van der Waals surface area contributed by atoms with Crippen LogP contribution in [0, 0.1) is 5.82 Å². The van der Waals surface area contributed by atoms with Crippen LogP contribution in [0.25, 0.3) is 0 Å². The van der Waals surface area contributed by atoms with Gasteiger partial charge in [0.15, 0.2) is 11.5 Å². The molecule has 0 amide bonds. The van der Waals surface area contributed by atoms with Crippen molar-refractivity contribution in [1.29, 1.82) is 0 Å². The second kappa shape index (κ2) is 8.35. The molecule has 0 spiro atoms. The standard InChI is InChI=1S/C21H22ClFN6O2/c1-21(2,30)12-3-6-17(24-9-12)27-20-13-7-8-29(10-15(13)25-11-26-20)16-5-4-14(28-31)18(22)19(16)23/h3-6,9,11,28,30-31H,7-8,10H2,1-2H3,(H,24,25,26,27)/p+1. The number of aliphatic hydroxyl groups is 1. The molecule has 1 aliphatic rings. The van der Waals surface area contributed by atoms with Gasteiger partial charge in [-0.1, -0.05) is 17.7 Å². The minimum Gasteiger partial charge on any atom is -0.386 e. The number of rotatable bonds is 5. The largest absolute Gasteiger partial charge is 0.386 e. The van der Waals surface area contributed by atoms with E-state index in [4.69, 9.17) is 16.8 Å². The Morgan fingerprint density at radius 2 is 2.00 bits per heavy atom. The van der Waals surface area contributed by atoms with Crippen molar-refractivity contribution in [3.63, 3.8) is 0 Å². The van der Waals surface area contributed by atoms with Crippen LogP contribution < -0.4 is 15.7 Å². The Labute approximate surface area is 183 Å². The van der Waals surface area contributed by atoms with Crippen LogP contribution in [0.5, 0.6) is 0 Å². The van der Waals surface area contributed by atoms with Crippen LogP contribution in [-0.4, -0.2) is 31.8 Å². The van der Waals surface area contributed by atoms with E-state index < -0.39 is 11.4 Å². The minimum absolute atomic E-state index is 0.114. The summed E-state index contributed by atoms with van der Waals surface area (Å²) in [4.78, 5) is 15.0. The number of pyridine rings is 1. The predicted octanol–water partition coefficient (Wildman–Crippen LogP) is 2.78. The van der Waals surface area contributed by atoms with E-state index in [9.17, 15) is 9.50 Å². The highest BCUT2D eigenvalue weighted by atomic mass is 35.5. The minimum atomic E-state index is -0.964. The summed E-state index contributed by atoms with van der Waals surface area (Å²) < 4.78 is 14.7. The lowest BCUT2D eigenvalue weighted by Crippen LogP contribution is -2.73. The zero-order valence-electron chi connectivity index (χ0n) is 17.1. The van der Waals surface area contributed by atoms with Crippen LogP contribution in [0.2, 0.25) is 5.02 Å². The van der Waals surface area contributed by atoms with Crippen molar-refractivity contribution >= 4 is 34.6 Å². The topological polar surface area (TPSA) is 111 Å². The van der Waals surface area contributed by atoms with Gasteiger partial charge < -0.3 is 15.3 Å². The maximum atomic E-state index is 14.7. The van der Waals surface area contributed by atoms with Crippen LogP contribution in [0.3, 0.4) is 0 Å². The van der Waals surface area contributed by atoms with Gasteiger partial charge in [0.1, 0.15) is 23.0 Å². The maximum Gasteiger partial charge on any atom is 0.183 e. The lowest BCUT2D eigenvalue weighted by atomic mass is 10.0. The molecule has 1 aliphatic heterocycles. The Balaban J connectivity index is 1.56. The van der Waals surface area contributed by atoms with Crippen LogP contribution >= 0.6 is 11.6 Å². The number of quaternary nitrogens is 1. The van der Waals surface area contributed by atoms with Gasteiger partial charge in [0.05, 0.1) is 23.5 Å². The molecule has 10 heteroatoms. The van der Waals surface area contributed by atoms with Crippen molar-refractivity contribution < 1.29 is 20.2 Å². The fraction of sp³-hybridized carbons (Fsp3) is 0.286. The van der Waals surface area contributed by atoms with Crippen LogP contribution in [0.4, 0.5) is 27.4 Å². The molecule has 0 bridgehead atoms. The molecule has 5 N–H and O–H groups in total. The Bertz CT molecular complexity index is 1100. The Kier molecular flexibility index (Phi) is 5.76. The quantitative estimate of drug-likeness (QED) is 0.353. The van der Waals surface area contributed by atoms with Gasteiger partial charge in [-0.15, -0.1) is 0 Å². The number of fused-ring (bicyclic) bond motifs is 1. The third-order valence-corrected chi connectivity index (χ3v) is 5.68. The van der Waals surface area contributed by atoms with E-state index in [-0.39, 0.29) is 10.7 Å². The summed E-state index contributed by atoms with van der Waals surface area (Å²) in [5.41, 5.74) is 2.85. The monoisotopic (exact) mass is 445 g/mol. The lowest BCUT2D eigenvalue weighted by molar-refractivity contribution is -0.825. The molecule has 8 nitrogen and oxygen atoms in total. The molecular weight excluding hydrogens is 423 g/mol. The molecule has 2 aromatic heterocycles. The molecule has 0 fully saturated rings. The molecule has 0 atom stereocenters. The molecule has 0 unspecified atom stereocenters. The molecule has 162 valence electrons. The summed E-state index contributed by atoms with van der Waals surface area (Å²) in [6, 6.07) is 6.77. The summed E-state index contributed by atoms with van der Waals surface area (Å²) in [5, 5.41) is 22.3. The van der Waals surface area contributed by atoms with Crippen LogP contribution in [0.1, 0.15) is 30.7 Å². The average molecular weight is 446 g/mol. The zero-order valence-corrected chi connectivity index (χ0v) is 17.9. The lowest BCUT2D eigenvalue weighted by Gasteiger charge is -2.31. The summed E-state index contributed by atoms with van der Waals surface area (Å²) in [6.45, 7) is 4.35. The second-order valence-electron chi connectivity index (χ2n) is 7.87. The maximum absolute atomic E-state index is 14.7. The second-order valence-corrected chi connectivity index (χ2v) is 8.24. The third-order valence-electron chi connectivity index (χ3n) is 5.29. The summed E-state index contributed by atoms with van der Waals surface area (Å²) in [5.74, 6) is 0.679. The highest BCUT2D eigenvalue weighted by molar-refractivity contribution is 6.33. The van der Waals surface area contributed by atoms with E-state index in [1.54, 1.807) is 38.2 Å². The fourth-order valence-corrected chi connectivity index (χ4v) is 3.73. The van der Waals surface area contributed by atoms with Crippen molar-refractivity contribution in [2.45, 2.75) is 32.4 Å². The van der Waals surface area contributed by atoms with Crippen molar-refractivity contribution in [2.75, 3.05) is 16.8 Å². The Morgan fingerprint density at radius 1 is 1.19 bits per heavy atom. The molecule has 0 aliphatic carbocycles. The normalized spacial score (nSPS) is 13.8. The first kappa shape index (κ1) is 21.4. The van der Waals surface area contributed by atoms with Crippen molar-refractivity contribution in [3.8, 4) is 0 Å². The van der Waals surface area contributed by atoms with Crippen molar-refractivity contribution in [1.82, 2.24) is 15.0 Å². The van der Waals surface area contributed by atoms with E-state index in [1.165, 1.54) is 6.33 Å². The summed E-state index contributed by atoms with van der Waals surface area (Å²) in [7, 11) is 0. The Hall–Kier alpha value is -2.85. The molecule has 3 aromatic rings. The molecule has 1 aromatic carbocycles. The smallest absolute Gasteiger partial charge is 0.183 e. The van der Waals surface area contributed by atoms with Gasteiger partial charge in [0.25, 0.3) is 0 Å². The van der Waals surface area contributed by atoms with Crippen molar-refractivity contribution in [2.24, 2.45) is 0 Å². The number of nitrogens with one attached hydrogen (secondary N) is 1. The molecule has 3 heterocycles. The van der Waals surface area contributed by atoms with Gasteiger partial charge in [-0.2, -0.15) is 5.48 Å². The number of anilines is 3. The van der Waals surface area contributed by atoms with Gasteiger partial charge in [0, 0.05) is 29.9 Å². The number of benzene rings is 1. The number of hydrogen-bond donors (Lipinski definition) is 4. The van der Waals surface area contributed by atoms with E-state index in [0.717, 1.165) is 16.7 Å². The first-order valence-corrected chi connectivity index (χ1v) is 10.1. The van der Waals surface area contributed by atoms with E-state index >= 15 is 0 Å². The van der Waals surface area contributed by atoms with E-state index in [0.29, 0.717) is 42.4 Å². The van der Waals surface area contributed by atoms with Gasteiger partial charge in [-0.05, 0) is 32.4 Å². The molecular formula is C21H23ClFN6O2+. The van der Waals surface area contributed by atoms with Crippen LogP contribution in [0.15, 0.2) is 36.8 Å². The van der Waals surface area contributed by atoms with Gasteiger partial charge in [0.2, 0.25) is 0 Å². The first-order valence-electron chi connectivity index (χ1n) is 9.77. The summed E-state index contributed by atoms with van der Waals surface area (Å²) >= 11 is 6.02. The van der Waals surface area contributed by atoms with Crippen LogP contribution in [-0.2, 0) is 18.6 Å². The van der Waals surface area contributed by atoms with E-state index in [2.05, 4.69) is 20.3 Å². The number of nitrogens with two attached hydrogens (primary N) is 1. The SMILES string of the molecule is CC(C)(O)c1ccc(Nc2ncnc3c2CCN(c2ccc([NH2+]O)c(Cl)c2F)C3)nc1. The van der Waals surface area contributed by atoms with Gasteiger partial charge in [-0.25, -0.2) is 24.5 Å². The summed E-state index contributed by atoms with van der Waals surface area (Å²) in [6.07, 6.45) is 3.69. The van der Waals surface area contributed by atoms with Gasteiger partial charge >= 0.3 is 0 Å². The molecule has 0 saturated carbocycles. The van der Waals surface area contributed by atoms with Crippen molar-refractivity contribution in [3.05, 3.63) is 64.5 Å². The third kappa shape index (κ3) is 4.31. The molecule has 31 heavy (non-hydrogen) atoms. The number of hydrogen-bond acceptors (Lipinski definition) is 7.